The van der Waals surface area contributed by atoms with Gasteiger partial charge in [-0.1, -0.05) is 63.9 Å². The lowest BCUT2D eigenvalue weighted by molar-refractivity contribution is -0.189. The summed E-state index contributed by atoms with van der Waals surface area (Å²) in [5.41, 5.74) is 0. The first-order chi connectivity index (χ1) is 17.1. The van der Waals surface area contributed by atoms with Crippen molar-refractivity contribution in [3.8, 4) is 17.2 Å². The van der Waals surface area contributed by atoms with E-state index >= 15 is 0 Å². The summed E-state index contributed by atoms with van der Waals surface area (Å²) in [5, 5.41) is 0. The van der Waals surface area contributed by atoms with Crippen molar-refractivity contribution < 1.29 is 51.2 Å². The molecule has 0 unspecified atom stereocenters. The largest absolute Gasteiger partial charge is 0.471 e. The third-order valence-electron chi connectivity index (χ3n) is 4.15. The minimum Gasteiger partial charge on any atom is -0.425 e. The molecule has 0 atom stereocenters. The molecule has 0 fully saturated rings. The molecule has 13 heteroatoms. The molecule has 0 saturated heterocycles. The predicted molar refractivity (Wildman–Crippen MR) is 119 cm³/mol. The third kappa shape index (κ3) is 8.42. The van der Waals surface area contributed by atoms with Crippen LogP contribution < -0.4 is 14.5 Å². The van der Waals surface area contributed by atoms with Gasteiger partial charge >= 0.3 is 25.6 Å². The SMILES string of the molecule is O=C(CN(CP(=O)(OOc1ccccc1)OOc1ccccc1)C(=O)C(F)(F)F)Oc1ccccc1. The van der Waals surface area contributed by atoms with Crippen molar-refractivity contribution in [1.82, 2.24) is 4.90 Å². The Kier molecular flexibility index (Phi) is 9.07. The molecule has 3 rings (SSSR count). The molecule has 0 N–H and O–H groups in total. The van der Waals surface area contributed by atoms with Gasteiger partial charge in [0.2, 0.25) is 0 Å². The topological polar surface area (TPSA) is 101 Å². The molecule has 3 aromatic carbocycles. The summed E-state index contributed by atoms with van der Waals surface area (Å²) in [6.45, 7) is -1.24. The number of esters is 1. The molecular weight excluding hydrogens is 506 g/mol. The summed E-state index contributed by atoms with van der Waals surface area (Å²) in [7, 11) is -4.82. The summed E-state index contributed by atoms with van der Waals surface area (Å²) in [4.78, 5) is 34.1. The molecule has 0 aliphatic rings. The van der Waals surface area contributed by atoms with Crippen LogP contribution in [-0.4, -0.2) is 35.8 Å². The normalized spacial score (nSPS) is 11.4. The summed E-state index contributed by atoms with van der Waals surface area (Å²) in [6.07, 6.45) is -6.78. The lowest BCUT2D eigenvalue weighted by Crippen LogP contribution is -2.45. The highest BCUT2D eigenvalue weighted by molar-refractivity contribution is 7.53. The molecule has 9 nitrogen and oxygen atoms in total. The van der Waals surface area contributed by atoms with Gasteiger partial charge in [0.15, 0.2) is 11.5 Å². The maximum absolute atomic E-state index is 13.3. The zero-order valence-electron chi connectivity index (χ0n) is 18.4. The minimum absolute atomic E-state index is 0.0254. The Labute approximate surface area is 203 Å². The van der Waals surface area contributed by atoms with Gasteiger partial charge in [-0.3, -0.25) is 9.36 Å². The highest BCUT2D eigenvalue weighted by Crippen LogP contribution is 2.49. The second kappa shape index (κ2) is 12.2. The number of nitrogens with zero attached hydrogens (tertiary/aromatic N) is 1. The molecule has 190 valence electrons. The highest BCUT2D eigenvalue weighted by atomic mass is 31.2. The fourth-order valence-electron chi connectivity index (χ4n) is 2.59. The van der Waals surface area contributed by atoms with Crippen molar-refractivity contribution in [2.24, 2.45) is 0 Å². The average molecular weight is 525 g/mol. The molecule has 3 aromatic rings. The van der Waals surface area contributed by atoms with Crippen molar-refractivity contribution in [2.75, 3.05) is 12.8 Å². The molecule has 0 radical (unpaired) electrons. The number of halogens is 3. The molecule has 0 heterocycles. The fraction of sp³-hybridized carbons (Fsp3) is 0.130. The van der Waals surface area contributed by atoms with Crippen molar-refractivity contribution >= 4 is 19.5 Å². The van der Waals surface area contributed by atoms with E-state index in [0.29, 0.717) is 0 Å². The molecule has 36 heavy (non-hydrogen) atoms. The van der Waals surface area contributed by atoms with Crippen LogP contribution >= 0.6 is 7.60 Å². The van der Waals surface area contributed by atoms with Crippen LogP contribution in [0, 0.1) is 0 Å². The highest BCUT2D eigenvalue weighted by Gasteiger charge is 2.47. The van der Waals surface area contributed by atoms with Gasteiger partial charge in [0, 0.05) is 0 Å². The number of rotatable bonds is 11. The first kappa shape index (κ1) is 26.7. The van der Waals surface area contributed by atoms with Gasteiger partial charge in [-0.05, 0) is 36.4 Å². The quantitative estimate of drug-likeness (QED) is 0.111. The van der Waals surface area contributed by atoms with Gasteiger partial charge in [-0.2, -0.15) is 13.2 Å². The summed E-state index contributed by atoms with van der Waals surface area (Å²) >= 11 is 0. The van der Waals surface area contributed by atoms with Gasteiger partial charge in [0.25, 0.3) is 0 Å². The number of hydrogen-bond acceptors (Lipinski definition) is 8. The molecule has 0 bridgehead atoms. The van der Waals surface area contributed by atoms with Crippen molar-refractivity contribution in [3.63, 3.8) is 0 Å². The average Bonchev–Trinajstić information content (AvgIpc) is 2.87. The van der Waals surface area contributed by atoms with Gasteiger partial charge < -0.3 is 19.4 Å². The maximum atomic E-state index is 13.3. The van der Waals surface area contributed by atoms with Crippen LogP contribution in [0.4, 0.5) is 13.2 Å². The van der Waals surface area contributed by atoms with E-state index in [1.165, 1.54) is 48.5 Å². The molecular formula is C23H19F3NO8P. The Hall–Kier alpha value is -3.86. The molecule has 0 aliphatic heterocycles. The molecule has 1 amide bonds. The lowest BCUT2D eigenvalue weighted by atomic mass is 10.3. The van der Waals surface area contributed by atoms with Crippen LogP contribution in [0.3, 0.4) is 0 Å². The van der Waals surface area contributed by atoms with E-state index in [1.54, 1.807) is 42.5 Å². The monoisotopic (exact) mass is 525 g/mol. The Morgan fingerprint density at radius 2 is 1.14 bits per heavy atom. The molecule has 0 saturated carbocycles. The van der Waals surface area contributed by atoms with E-state index < -0.39 is 38.5 Å². The van der Waals surface area contributed by atoms with Crippen LogP contribution in [0.5, 0.6) is 17.2 Å². The van der Waals surface area contributed by atoms with E-state index in [0.717, 1.165) is 0 Å². The lowest BCUT2D eigenvalue weighted by Gasteiger charge is -2.25. The van der Waals surface area contributed by atoms with E-state index in [4.69, 9.17) is 23.9 Å². The summed E-state index contributed by atoms with van der Waals surface area (Å²) in [6, 6.07) is 22.5. The molecule has 0 spiro atoms. The number of alkyl halides is 3. The van der Waals surface area contributed by atoms with Crippen molar-refractivity contribution in [1.29, 1.82) is 0 Å². The van der Waals surface area contributed by atoms with Gasteiger partial charge in [0.1, 0.15) is 18.6 Å². The first-order valence-corrected chi connectivity index (χ1v) is 11.9. The van der Waals surface area contributed by atoms with Gasteiger partial charge in [-0.25, -0.2) is 4.79 Å². The number of carbonyl (C=O) groups is 2. The standard InChI is InChI=1S/C23H19F3NO8P/c24-23(25,26)22(29)27(16-21(28)31-18-10-4-1-5-11-18)17-36(30,34-32-19-12-6-2-7-13-19)35-33-20-14-8-3-9-15-20/h1-15H,16-17H2. The van der Waals surface area contributed by atoms with Crippen LogP contribution in [-0.2, 0) is 23.5 Å². The second-order valence-corrected chi connectivity index (χ2v) is 8.78. The number of benzene rings is 3. The zero-order chi connectivity index (χ0) is 26.0. The van der Waals surface area contributed by atoms with Crippen LogP contribution in [0.25, 0.3) is 0 Å². The fourth-order valence-corrected chi connectivity index (χ4v) is 3.76. The maximum Gasteiger partial charge on any atom is 0.471 e. The number of hydrogen-bond donors (Lipinski definition) is 0. The van der Waals surface area contributed by atoms with E-state index in [2.05, 4.69) is 0 Å². The molecule has 0 aromatic heterocycles. The van der Waals surface area contributed by atoms with E-state index in [9.17, 15) is 27.3 Å². The Morgan fingerprint density at radius 1 is 0.722 bits per heavy atom. The Morgan fingerprint density at radius 3 is 1.56 bits per heavy atom. The summed E-state index contributed by atoms with van der Waals surface area (Å²) < 4.78 is 67.8. The van der Waals surface area contributed by atoms with E-state index in [-0.39, 0.29) is 22.1 Å². The Bertz CT molecular complexity index is 1130. The Balaban J connectivity index is 1.81. The van der Waals surface area contributed by atoms with Gasteiger partial charge in [0.05, 0.1) is 0 Å². The molecule has 0 aliphatic carbocycles. The number of para-hydroxylation sites is 3. The predicted octanol–water partition coefficient (Wildman–Crippen LogP) is 5.15. The van der Waals surface area contributed by atoms with Gasteiger partial charge in [-0.15, -0.1) is 0 Å². The number of ether oxygens (including phenoxy) is 1. The third-order valence-corrected chi connectivity index (χ3v) is 5.44. The van der Waals surface area contributed by atoms with Crippen LogP contribution in [0.2, 0.25) is 0 Å². The zero-order valence-corrected chi connectivity index (χ0v) is 19.3. The van der Waals surface area contributed by atoms with Crippen LogP contribution in [0.1, 0.15) is 0 Å². The van der Waals surface area contributed by atoms with Crippen molar-refractivity contribution in [3.05, 3.63) is 91.0 Å². The second-order valence-electron chi connectivity index (χ2n) is 6.98. The number of amides is 1. The first-order valence-electron chi connectivity index (χ1n) is 10.2. The van der Waals surface area contributed by atoms with Crippen molar-refractivity contribution in [2.45, 2.75) is 6.18 Å². The minimum atomic E-state index is -5.42. The van der Waals surface area contributed by atoms with E-state index in [1.807, 2.05) is 0 Å². The smallest absolute Gasteiger partial charge is 0.425 e. The number of carbonyl (C=O) groups excluding carboxylic acids is 2. The summed E-state index contributed by atoms with van der Waals surface area (Å²) in [5.74, 6) is -3.65. The van der Waals surface area contributed by atoms with Crippen LogP contribution in [0.15, 0.2) is 91.0 Å².